The van der Waals surface area contributed by atoms with Gasteiger partial charge in [-0.25, -0.2) is 0 Å². The van der Waals surface area contributed by atoms with E-state index in [0.29, 0.717) is 25.9 Å². The minimum Gasteiger partial charge on any atom is -0.356 e. The minimum atomic E-state index is 0.0211. The lowest BCUT2D eigenvalue weighted by molar-refractivity contribution is -0.130. The van der Waals surface area contributed by atoms with Crippen molar-refractivity contribution in [2.24, 2.45) is 0 Å². The van der Waals surface area contributed by atoms with Gasteiger partial charge in [0.15, 0.2) is 0 Å². The predicted octanol–water partition coefficient (Wildman–Crippen LogP) is 3.08. The maximum atomic E-state index is 12.8. The molecule has 5 heteroatoms. The van der Waals surface area contributed by atoms with Gasteiger partial charge in [0.05, 0.1) is 6.42 Å². The van der Waals surface area contributed by atoms with Gasteiger partial charge in [0.25, 0.3) is 0 Å². The van der Waals surface area contributed by atoms with Gasteiger partial charge in [-0.1, -0.05) is 60.7 Å². The van der Waals surface area contributed by atoms with Crippen LogP contribution in [0.4, 0.5) is 0 Å². The number of carbonyl (C=O) groups is 2. The van der Waals surface area contributed by atoms with Gasteiger partial charge in [-0.3, -0.25) is 9.59 Å². The van der Waals surface area contributed by atoms with Gasteiger partial charge in [-0.2, -0.15) is 0 Å². The van der Waals surface area contributed by atoms with E-state index in [0.717, 1.165) is 43.5 Å². The summed E-state index contributed by atoms with van der Waals surface area (Å²) in [6.07, 6.45) is 3.56. The Morgan fingerprint density at radius 1 is 0.897 bits per heavy atom. The average molecular weight is 394 g/mol. The second-order valence-corrected chi connectivity index (χ2v) is 7.58. The first-order chi connectivity index (χ1) is 14.2. The summed E-state index contributed by atoms with van der Waals surface area (Å²) in [5.74, 6) is 0.209. The highest BCUT2D eigenvalue weighted by molar-refractivity contribution is 5.79. The summed E-state index contributed by atoms with van der Waals surface area (Å²) in [6, 6.07) is 20.0. The van der Waals surface area contributed by atoms with Crippen LogP contribution < -0.4 is 10.6 Å². The SMILES string of the molecule is O=C1CC(c2ccccc2)NCCCCN(C(=O)Cc2ccccc2)CCCN1. The average Bonchev–Trinajstić information content (AvgIpc) is 2.76. The molecule has 1 saturated heterocycles. The van der Waals surface area contributed by atoms with E-state index in [2.05, 4.69) is 22.8 Å². The van der Waals surface area contributed by atoms with Gasteiger partial charge in [-0.05, 0) is 36.9 Å². The number of hydrogen-bond donors (Lipinski definition) is 2. The van der Waals surface area contributed by atoms with Crippen molar-refractivity contribution >= 4 is 11.8 Å². The summed E-state index contributed by atoms with van der Waals surface area (Å²) in [5.41, 5.74) is 2.18. The molecule has 1 atom stereocenters. The zero-order chi connectivity index (χ0) is 20.3. The molecule has 2 N–H and O–H groups in total. The minimum absolute atomic E-state index is 0.0211. The fourth-order valence-electron chi connectivity index (χ4n) is 3.70. The van der Waals surface area contributed by atoms with E-state index in [-0.39, 0.29) is 17.9 Å². The van der Waals surface area contributed by atoms with Crippen molar-refractivity contribution < 1.29 is 9.59 Å². The van der Waals surface area contributed by atoms with Gasteiger partial charge in [0, 0.05) is 32.1 Å². The standard InChI is InChI=1S/C24H31N3O2/c28-23-19-22(21-12-5-2-6-13-21)25-14-7-8-16-27(17-9-15-26-23)24(29)18-20-10-3-1-4-11-20/h1-6,10-13,22,25H,7-9,14-19H2,(H,26,28). The van der Waals surface area contributed by atoms with Crippen LogP contribution in [0.1, 0.15) is 42.9 Å². The van der Waals surface area contributed by atoms with E-state index in [4.69, 9.17) is 0 Å². The van der Waals surface area contributed by atoms with Crippen LogP contribution in [0, 0.1) is 0 Å². The molecular formula is C24H31N3O2. The van der Waals surface area contributed by atoms with E-state index in [1.165, 1.54) is 0 Å². The molecule has 1 fully saturated rings. The number of amides is 2. The van der Waals surface area contributed by atoms with Crippen molar-refractivity contribution in [2.75, 3.05) is 26.2 Å². The van der Waals surface area contributed by atoms with Crippen molar-refractivity contribution in [3.63, 3.8) is 0 Å². The largest absolute Gasteiger partial charge is 0.356 e. The van der Waals surface area contributed by atoms with Gasteiger partial charge >= 0.3 is 0 Å². The van der Waals surface area contributed by atoms with Crippen LogP contribution in [-0.2, 0) is 16.0 Å². The quantitative estimate of drug-likeness (QED) is 0.842. The Bertz CT molecular complexity index is 764. The van der Waals surface area contributed by atoms with Crippen LogP contribution >= 0.6 is 0 Å². The summed E-state index contributed by atoms with van der Waals surface area (Å²) >= 11 is 0. The smallest absolute Gasteiger partial charge is 0.226 e. The van der Waals surface area contributed by atoms with Crippen LogP contribution in [0.15, 0.2) is 60.7 Å². The second kappa shape index (κ2) is 11.4. The monoisotopic (exact) mass is 393 g/mol. The third-order valence-electron chi connectivity index (χ3n) is 5.31. The van der Waals surface area contributed by atoms with Crippen molar-refractivity contribution in [1.29, 1.82) is 0 Å². The molecule has 0 bridgehead atoms. The van der Waals surface area contributed by atoms with Crippen LogP contribution in [0.3, 0.4) is 0 Å². The Labute approximate surface area is 173 Å². The third kappa shape index (κ3) is 7.02. The fourth-order valence-corrected chi connectivity index (χ4v) is 3.70. The fraction of sp³-hybridized carbons (Fsp3) is 0.417. The van der Waals surface area contributed by atoms with Gasteiger partial charge < -0.3 is 15.5 Å². The molecule has 0 radical (unpaired) electrons. The highest BCUT2D eigenvalue weighted by Crippen LogP contribution is 2.17. The number of benzene rings is 2. The topological polar surface area (TPSA) is 61.4 Å². The van der Waals surface area contributed by atoms with Crippen molar-refractivity contribution in [3.8, 4) is 0 Å². The first-order valence-corrected chi connectivity index (χ1v) is 10.6. The lowest BCUT2D eigenvalue weighted by Gasteiger charge is -2.23. The first kappa shape index (κ1) is 21.1. The molecule has 1 aliphatic heterocycles. The number of rotatable bonds is 3. The summed E-state index contributed by atoms with van der Waals surface area (Å²) in [4.78, 5) is 27.1. The van der Waals surface area contributed by atoms with Crippen LogP contribution in [0.25, 0.3) is 0 Å². The first-order valence-electron chi connectivity index (χ1n) is 10.6. The molecule has 0 aromatic heterocycles. The maximum absolute atomic E-state index is 12.8. The number of nitrogens with zero attached hydrogens (tertiary/aromatic N) is 1. The summed E-state index contributed by atoms with van der Waals surface area (Å²) in [5, 5.41) is 6.54. The zero-order valence-electron chi connectivity index (χ0n) is 17.0. The van der Waals surface area contributed by atoms with Gasteiger partial charge in [0.2, 0.25) is 11.8 Å². The summed E-state index contributed by atoms with van der Waals surface area (Å²) < 4.78 is 0. The van der Waals surface area contributed by atoms with Crippen LogP contribution in [0.2, 0.25) is 0 Å². The lowest BCUT2D eigenvalue weighted by Crippen LogP contribution is -2.36. The van der Waals surface area contributed by atoms with E-state index in [9.17, 15) is 9.59 Å². The molecule has 29 heavy (non-hydrogen) atoms. The van der Waals surface area contributed by atoms with Crippen LogP contribution in [0.5, 0.6) is 0 Å². The number of carbonyl (C=O) groups excluding carboxylic acids is 2. The molecule has 3 rings (SSSR count). The van der Waals surface area contributed by atoms with Crippen molar-refractivity contribution in [2.45, 2.75) is 38.1 Å². The number of hydrogen-bond acceptors (Lipinski definition) is 3. The lowest BCUT2D eigenvalue weighted by atomic mass is 10.0. The molecule has 2 aromatic carbocycles. The molecule has 5 nitrogen and oxygen atoms in total. The van der Waals surface area contributed by atoms with E-state index >= 15 is 0 Å². The highest BCUT2D eigenvalue weighted by Gasteiger charge is 2.17. The van der Waals surface area contributed by atoms with Gasteiger partial charge in [0.1, 0.15) is 0 Å². The Hall–Kier alpha value is -2.66. The summed E-state index contributed by atoms with van der Waals surface area (Å²) in [7, 11) is 0. The molecular weight excluding hydrogens is 362 g/mol. The molecule has 1 unspecified atom stereocenters. The molecule has 2 aromatic rings. The van der Waals surface area contributed by atoms with Gasteiger partial charge in [-0.15, -0.1) is 0 Å². The highest BCUT2D eigenvalue weighted by atomic mass is 16.2. The molecule has 0 aliphatic carbocycles. The molecule has 1 aliphatic rings. The molecule has 0 spiro atoms. The van der Waals surface area contributed by atoms with Crippen molar-refractivity contribution in [1.82, 2.24) is 15.5 Å². The Kier molecular flexibility index (Phi) is 8.25. The van der Waals surface area contributed by atoms with E-state index in [1.807, 2.05) is 53.4 Å². The molecule has 154 valence electrons. The third-order valence-corrected chi connectivity index (χ3v) is 5.31. The molecule has 2 amide bonds. The van der Waals surface area contributed by atoms with Crippen LogP contribution in [-0.4, -0.2) is 42.9 Å². The van der Waals surface area contributed by atoms with Crippen molar-refractivity contribution in [3.05, 3.63) is 71.8 Å². The maximum Gasteiger partial charge on any atom is 0.226 e. The Morgan fingerprint density at radius 3 is 2.34 bits per heavy atom. The predicted molar refractivity (Wildman–Crippen MR) is 115 cm³/mol. The second-order valence-electron chi connectivity index (χ2n) is 7.58. The summed E-state index contributed by atoms with van der Waals surface area (Å²) in [6.45, 7) is 2.86. The van der Waals surface area contributed by atoms with E-state index in [1.54, 1.807) is 0 Å². The normalized spacial score (nSPS) is 19.4. The number of nitrogens with one attached hydrogen (secondary N) is 2. The van der Waals surface area contributed by atoms with E-state index < -0.39 is 0 Å². The Morgan fingerprint density at radius 2 is 1.59 bits per heavy atom. The molecule has 0 saturated carbocycles. The molecule has 1 heterocycles. The Balaban J connectivity index is 1.58. The zero-order valence-corrected chi connectivity index (χ0v) is 17.0.